The number of benzene rings is 2. The summed E-state index contributed by atoms with van der Waals surface area (Å²) in [5, 5.41) is 30.4. The third-order valence-electron chi connectivity index (χ3n) is 9.84. The zero-order valence-corrected chi connectivity index (χ0v) is 37.1. The van der Waals surface area contributed by atoms with Crippen molar-refractivity contribution in [2.24, 2.45) is 0 Å². The molecule has 0 radical (unpaired) electrons. The Hall–Kier alpha value is -4.84. The fraction of sp³-hybridized carbons (Fsp3) is 0.500. The van der Waals surface area contributed by atoms with Crippen molar-refractivity contribution in [1.82, 2.24) is 0 Å². The molecule has 5 rings (SSSR count). The number of fused-ring (bicyclic) bond motifs is 3. The van der Waals surface area contributed by atoms with Gasteiger partial charge in [0.15, 0.2) is 17.4 Å². The lowest BCUT2D eigenvalue weighted by Gasteiger charge is -2.23. The fourth-order valence-corrected chi connectivity index (χ4v) is 6.94. The number of aromatic hydroxyl groups is 1. The number of carbonyl (C=O) groups is 4. The largest absolute Gasteiger partial charge is 0.507 e. The van der Waals surface area contributed by atoms with Crippen LogP contribution in [0, 0.1) is 20.8 Å². The minimum absolute atomic E-state index is 0. The molecule has 0 bridgehead atoms. The highest BCUT2D eigenvalue weighted by molar-refractivity contribution is 5.98. The molecule has 0 spiro atoms. The topological polar surface area (TPSA) is 203 Å². The van der Waals surface area contributed by atoms with Gasteiger partial charge in [-0.3, -0.25) is 9.59 Å². The standard InChI is InChI=1S/C25H32O7.C21H26O8.2CH4/c1-15-12-16(2)22-18(13-15)8-7-9-21-23(32-25(4,5)31-21)19(26)10-11-20(29-14-28-6)17(3)30-24(22)27;1-12-9-14-5-4-6-15(22)20(25)16(23)7-8-18(28-11-27-3)13(2)29-21(26)19(14)17(24)10-12;;/h7-8,10-13,17,20-21,23H,9,14H2,1-6H3;4-5,7-10,13,15,18,20,22,24-25H,6,11H2,1-3H3;2*1H4/b8-7+,11-10-;5-4+,8-7-;;/t17-,20+,21-,23+;13-,15-,18+,20-;;/m00../s1/i;;1T;. The van der Waals surface area contributed by atoms with E-state index in [1.807, 2.05) is 38.1 Å². The van der Waals surface area contributed by atoms with Gasteiger partial charge in [-0.1, -0.05) is 62.9 Å². The van der Waals surface area contributed by atoms with Gasteiger partial charge in [0.05, 0.1) is 17.8 Å². The molecule has 3 N–H and O–H groups in total. The summed E-state index contributed by atoms with van der Waals surface area (Å²) in [5.74, 6) is -3.27. The number of aliphatic hydroxyl groups excluding tert-OH is 2. The minimum Gasteiger partial charge on any atom is -0.507 e. The molecule has 1 fully saturated rings. The van der Waals surface area contributed by atoms with Crippen molar-refractivity contribution in [2.45, 2.75) is 131 Å². The SMILES string of the molecule is C.COCO[C@@H]1/C=C\C(=O)[C@@H](O)[C@@H](O)C/C=C/c2cc(C)cc(O)c2C(=O)O[C@H]1C.COCO[C@@H]1/C=C\C(=O)[C@H]2OC(C)(C)O[C@H]2C/C=C/c2cc(C)cc(C)c2C(=O)O[C@H]1C.[3H]C. The van der Waals surface area contributed by atoms with Crippen LogP contribution >= 0.6 is 0 Å². The van der Waals surface area contributed by atoms with Crippen LogP contribution in [0.25, 0.3) is 12.2 Å². The quantitative estimate of drug-likeness (QED) is 0.205. The predicted octanol–water partition coefficient (Wildman–Crippen LogP) is 6.67. The number of ketones is 2. The molecule has 0 aromatic heterocycles. The zero-order valence-electron chi connectivity index (χ0n) is 38.1. The summed E-state index contributed by atoms with van der Waals surface area (Å²) >= 11 is 0. The van der Waals surface area contributed by atoms with E-state index in [4.69, 9.17) is 39.3 Å². The smallest absolute Gasteiger partial charge is 0.342 e. The van der Waals surface area contributed by atoms with E-state index in [9.17, 15) is 34.5 Å². The molecule has 3 aliphatic heterocycles. The van der Waals surface area contributed by atoms with Crippen molar-refractivity contribution in [3.8, 4) is 5.75 Å². The summed E-state index contributed by atoms with van der Waals surface area (Å²) in [6.07, 6.45) is 5.43. The van der Waals surface area contributed by atoms with Crippen LogP contribution in [0.4, 0.5) is 0 Å². The van der Waals surface area contributed by atoms with Crippen molar-refractivity contribution in [1.29, 1.82) is 0 Å². The monoisotopic (exact) mass is 884 g/mol. The van der Waals surface area contributed by atoms with Gasteiger partial charge in [0.25, 0.3) is 0 Å². The number of hydrogen-bond acceptors (Lipinski definition) is 15. The van der Waals surface area contributed by atoms with Crippen LogP contribution in [0.5, 0.6) is 5.75 Å². The van der Waals surface area contributed by atoms with E-state index in [-0.39, 0.29) is 44.5 Å². The molecule has 15 nitrogen and oxygen atoms in total. The Labute approximate surface area is 372 Å². The van der Waals surface area contributed by atoms with Gasteiger partial charge < -0.3 is 53.2 Å². The maximum absolute atomic E-state index is 13.1. The molecule has 0 saturated carbocycles. The van der Waals surface area contributed by atoms with Crippen LogP contribution < -0.4 is 0 Å². The first-order valence-corrected chi connectivity index (χ1v) is 19.9. The lowest BCUT2D eigenvalue weighted by Crippen LogP contribution is -2.34. The molecule has 2 aromatic rings. The van der Waals surface area contributed by atoms with E-state index in [1.165, 1.54) is 52.0 Å². The van der Waals surface area contributed by atoms with E-state index >= 15 is 0 Å². The molecule has 0 unspecified atom stereocenters. The average molecular weight is 885 g/mol. The molecule has 63 heavy (non-hydrogen) atoms. The minimum atomic E-state index is -1.62. The number of rotatable bonds is 6. The number of esters is 2. The van der Waals surface area contributed by atoms with E-state index in [0.29, 0.717) is 23.1 Å². The fourth-order valence-electron chi connectivity index (χ4n) is 6.94. The molecule has 0 aliphatic carbocycles. The van der Waals surface area contributed by atoms with Crippen LogP contribution in [0.1, 0.15) is 105 Å². The van der Waals surface area contributed by atoms with Gasteiger partial charge >= 0.3 is 11.9 Å². The lowest BCUT2D eigenvalue weighted by atomic mass is 9.97. The molecular weight excluding hydrogens is 817 g/mol. The highest BCUT2D eigenvalue weighted by Gasteiger charge is 2.44. The van der Waals surface area contributed by atoms with Gasteiger partial charge in [-0.2, -0.15) is 0 Å². The van der Waals surface area contributed by atoms with Crippen LogP contribution in [0.2, 0.25) is 0 Å². The number of ether oxygens (including phenoxy) is 8. The van der Waals surface area contributed by atoms with Crippen molar-refractivity contribution >= 4 is 35.7 Å². The van der Waals surface area contributed by atoms with E-state index in [0.717, 1.165) is 22.8 Å². The Morgan fingerprint density at radius 3 is 1.76 bits per heavy atom. The van der Waals surface area contributed by atoms with Crippen molar-refractivity contribution in [3.63, 3.8) is 0 Å². The Morgan fingerprint density at radius 2 is 1.21 bits per heavy atom. The maximum atomic E-state index is 13.1. The molecule has 0 amide bonds. The first-order valence-electron chi connectivity index (χ1n) is 20.9. The highest BCUT2D eigenvalue weighted by Crippen LogP contribution is 2.32. The lowest BCUT2D eigenvalue weighted by molar-refractivity contribution is -0.152. The molecule has 348 valence electrons. The highest BCUT2D eigenvalue weighted by atomic mass is 16.8. The summed E-state index contributed by atoms with van der Waals surface area (Å²) in [6, 6.07) is 7.01. The Balaban J connectivity index is 0.000000419. The average Bonchev–Trinajstić information content (AvgIpc) is 3.53. The summed E-state index contributed by atoms with van der Waals surface area (Å²) in [7, 11) is 4.16. The molecular formula is C48H66O15. The number of carbonyl (C=O) groups excluding carboxylic acids is 4. The summed E-state index contributed by atoms with van der Waals surface area (Å²) in [6.45, 7) is 12.3. The molecule has 2 aromatic carbocycles. The second-order valence-electron chi connectivity index (χ2n) is 15.5. The van der Waals surface area contributed by atoms with Gasteiger partial charge in [-0.25, -0.2) is 9.59 Å². The number of cyclic esters (lactones) is 2. The van der Waals surface area contributed by atoms with Crippen LogP contribution in [0.3, 0.4) is 0 Å². The number of phenols is 1. The normalized spacial score (nSPS) is 28.3. The Kier molecular flexibility index (Phi) is 20.7. The van der Waals surface area contributed by atoms with Gasteiger partial charge in [0, 0.05) is 15.6 Å². The summed E-state index contributed by atoms with van der Waals surface area (Å²) in [4.78, 5) is 50.9. The van der Waals surface area contributed by atoms with Crippen LogP contribution in [0.15, 0.2) is 60.7 Å². The first-order chi connectivity index (χ1) is 29.8. The molecule has 1 saturated heterocycles. The number of aryl methyl sites for hydroxylation is 3. The van der Waals surface area contributed by atoms with Crippen molar-refractivity contribution in [2.75, 3.05) is 27.8 Å². The second kappa shape index (κ2) is 24.9. The Morgan fingerprint density at radius 1 is 0.714 bits per heavy atom. The Bertz CT molecular complexity index is 2000. The van der Waals surface area contributed by atoms with Crippen LogP contribution in [-0.2, 0) is 47.5 Å². The van der Waals surface area contributed by atoms with E-state index < -0.39 is 72.3 Å². The van der Waals surface area contributed by atoms with Crippen molar-refractivity contribution < 1.29 is 73.8 Å². The third-order valence-corrected chi connectivity index (χ3v) is 9.84. The first kappa shape index (κ1) is 52.5. The second-order valence-corrected chi connectivity index (χ2v) is 15.5. The number of aliphatic hydroxyl groups is 2. The number of hydrogen-bond donors (Lipinski definition) is 3. The van der Waals surface area contributed by atoms with E-state index in [2.05, 4.69) is 0 Å². The van der Waals surface area contributed by atoms with Gasteiger partial charge in [0.1, 0.15) is 61.5 Å². The number of methoxy groups -OCH3 is 2. The van der Waals surface area contributed by atoms with Gasteiger partial charge in [-0.05, 0) is 114 Å². The zero-order chi connectivity index (χ0) is 47.0. The van der Waals surface area contributed by atoms with Gasteiger partial charge in [0.2, 0.25) is 0 Å². The van der Waals surface area contributed by atoms with Crippen LogP contribution in [-0.4, -0.2) is 121 Å². The molecule has 3 heterocycles. The molecule has 15 heteroatoms. The maximum Gasteiger partial charge on any atom is 0.342 e. The van der Waals surface area contributed by atoms with Crippen molar-refractivity contribution in [3.05, 3.63) is 99.7 Å². The number of phenolic OH excluding ortho intramolecular Hbond substituents is 1. The molecule has 8 atom stereocenters. The van der Waals surface area contributed by atoms with E-state index in [1.54, 1.807) is 46.8 Å². The summed E-state index contributed by atoms with van der Waals surface area (Å²) in [5.41, 5.74) is 4.18. The predicted molar refractivity (Wildman–Crippen MR) is 237 cm³/mol. The van der Waals surface area contributed by atoms with Gasteiger partial charge in [-0.15, -0.1) is 0 Å². The molecule has 3 aliphatic rings. The third kappa shape index (κ3) is 15.1. The summed E-state index contributed by atoms with van der Waals surface area (Å²) < 4.78 is 49.8.